The molecule has 0 aliphatic carbocycles. The Hall–Kier alpha value is -2.83. The maximum absolute atomic E-state index is 13.1. The summed E-state index contributed by atoms with van der Waals surface area (Å²) in [5.41, 5.74) is 6.71. The quantitative estimate of drug-likeness (QED) is 0.555. The number of rotatable bonds is 6. The standard InChI is InChI=1S/C26H30N2O3S/c1-16-11-17(2)25(18(3)12-16)27-24(29)15-28-9-8-19-13-21(30-4)22(31-5)14-20(19)26(28)23-7-6-10-32-23/h6-7,10-14,26H,8-9,15H2,1-5H3,(H,27,29)/t26-/m1/s1. The van der Waals surface area contributed by atoms with Gasteiger partial charge in [-0.25, -0.2) is 0 Å². The summed E-state index contributed by atoms with van der Waals surface area (Å²) in [6.07, 6.45) is 0.855. The molecule has 1 aromatic heterocycles. The molecule has 2 heterocycles. The lowest BCUT2D eigenvalue weighted by Gasteiger charge is -2.37. The molecule has 0 bridgehead atoms. The van der Waals surface area contributed by atoms with Crippen LogP contribution in [0, 0.1) is 20.8 Å². The molecule has 1 atom stereocenters. The van der Waals surface area contributed by atoms with Gasteiger partial charge >= 0.3 is 0 Å². The molecule has 0 unspecified atom stereocenters. The predicted molar refractivity (Wildman–Crippen MR) is 130 cm³/mol. The Labute approximate surface area is 194 Å². The summed E-state index contributed by atoms with van der Waals surface area (Å²) in [6.45, 7) is 7.28. The summed E-state index contributed by atoms with van der Waals surface area (Å²) >= 11 is 1.71. The first-order valence-corrected chi connectivity index (χ1v) is 11.7. The molecule has 1 N–H and O–H groups in total. The van der Waals surface area contributed by atoms with Crippen LogP contribution in [-0.2, 0) is 11.2 Å². The van der Waals surface area contributed by atoms with Gasteiger partial charge in [0.1, 0.15) is 0 Å². The van der Waals surface area contributed by atoms with Crippen LogP contribution in [0.15, 0.2) is 41.8 Å². The number of nitrogens with zero attached hydrogens (tertiary/aromatic N) is 1. The Morgan fingerprint density at radius 1 is 1.09 bits per heavy atom. The number of methoxy groups -OCH3 is 2. The zero-order chi connectivity index (χ0) is 22.8. The van der Waals surface area contributed by atoms with Crippen molar-refractivity contribution >= 4 is 22.9 Å². The number of hydrogen-bond acceptors (Lipinski definition) is 5. The second kappa shape index (κ2) is 9.35. The van der Waals surface area contributed by atoms with Crippen molar-refractivity contribution in [2.75, 3.05) is 32.6 Å². The Balaban J connectivity index is 1.64. The highest BCUT2D eigenvalue weighted by molar-refractivity contribution is 7.10. The van der Waals surface area contributed by atoms with E-state index in [1.54, 1.807) is 25.6 Å². The van der Waals surface area contributed by atoms with E-state index in [4.69, 9.17) is 9.47 Å². The molecular weight excluding hydrogens is 420 g/mol. The third kappa shape index (κ3) is 4.38. The fraction of sp³-hybridized carbons (Fsp3) is 0.346. The third-order valence-electron chi connectivity index (χ3n) is 6.07. The number of fused-ring (bicyclic) bond motifs is 1. The van der Waals surface area contributed by atoms with Gasteiger partial charge in [-0.15, -0.1) is 11.3 Å². The van der Waals surface area contributed by atoms with Crippen LogP contribution in [0.25, 0.3) is 0 Å². The van der Waals surface area contributed by atoms with E-state index in [-0.39, 0.29) is 11.9 Å². The van der Waals surface area contributed by atoms with Gasteiger partial charge < -0.3 is 14.8 Å². The van der Waals surface area contributed by atoms with Gasteiger partial charge in [0.2, 0.25) is 5.91 Å². The third-order valence-corrected chi connectivity index (χ3v) is 7.00. The Morgan fingerprint density at radius 2 is 1.78 bits per heavy atom. The largest absolute Gasteiger partial charge is 0.493 e. The Bertz CT molecular complexity index is 1100. The summed E-state index contributed by atoms with van der Waals surface area (Å²) in [6, 6.07) is 12.6. The molecule has 0 radical (unpaired) electrons. The average molecular weight is 451 g/mol. The van der Waals surface area contributed by atoms with E-state index in [0.29, 0.717) is 12.3 Å². The van der Waals surface area contributed by atoms with Crippen molar-refractivity contribution in [3.05, 3.63) is 74.5 Å². The first-order chi connectivity index (χ1) is 15.4. The van der Waals surface area contributed by atoms with E-state index in [1.807, 2.05) is 13.8 Å². The minimum atomic E-state index is 0.00418. The number of benzene rings is 2. The van der Waals surface area contributed by atoms with E-state index in [2.05, 4.69) is 58.9 Å². The van der Waals surface area contributed by atoms with Crippen molar-refractivity contribution in [2.45, 2.75) is 33.2 Å². The summed E-state index contributed by atoms with van der Waals surface area (Å²) in [4.78, 5) is 16.6. The number of aryl methyl sites for hydroxylation is 3. The van der Waals surface area contributed by atoms with Crippen LogP contribution < -0.4 is 14.8 Å². The summed E-state index contributed by atoms with van der Waals surface area (Å²) in [5, 5.41) is 5.25. The van der Waals surface area contributed by atoms with Crippen LogP contribution in [0.1, 0.15) is 38.7 Å². The fourth-order valence-corrected chi connectivity index (χ4v) is 5.57. The van der Waals surface area contributed by atoms with Crippen molar-refractivity contribution < 1.29 is 14.3 Å². The molecule has 0 saturated carbocycles. The number of thiophene rings is 1. The molecule has 0 spiro atoms. The maximum Gasteiger partial charge on any atom is 0.238 e. The molecule has 1 aliphatic rings. The SMILES string of the molecule is COc1cc2c(cc1OC)[C@H](c1cccs1)N(CC(=O)Nc1c(C)cc(C)cc1C)CC2. The molecule has 1 aliphatic heterocycles. The number of anilines is 1. The molecule has 32 heavy (non-hydrogen) atoms. The zero-order valence-corrected chi connectivity index (χ0v) is 20.1. The first kappa shape index (κ1) is 22.4. The molecule has 0 fully saturated rings. The monoisotopic (exact) mass is 450 g/mol. The van der Waals surface area contributed by atoms with Gasteiger partial charge in [-0.3, -0.25) is 9.69 Å². The lowest BCUT2D eigenvalue weighted by Crippen LogP contribution is -2.41. The van der Waals surface area contributed by atoms with Crippen molar-refractivity contribution in [3.8, 4) is 11.5 Å². The second-order valence-electron chi connectivity index (χ2n) is 8.37. The summed E-state index contributed by atoms with van der Waals surface area (Å²) in [5.74, 6) is 1.46. The highest BCUT2D eigenvalue weighted by Crippen LogP contribution is 2.42. The summed E-state index contributed by atoms with van der Waals surface area (Å²) < 4.78 is 11.1. The van der Waals surface area contributed by atoms with E-state index in [0.717, 1.165) is 35.5 Å². The first-order valence-electron chi connectivity index (χ1n) is 10.8. The molecule has 3 aromatic rings. The minimum absolute atomic E-state index is 0.00418. The summed E-state index contributed by atoms with van der Waals surface area (Å²) in [7, 11) is 3.32. The van der Waals surface area contributed by atoms with E-state index in [1.165, 1.54) is 21.6 Å². The molecular formula is C26H30N2O3S. The van der Waals surface area contributed by atoms with Crippen LogP contribution >= 0.6 is 11.3 Å². The number of ether oxygens (including phenoxy) is 2. The molecule has 2 aromatic carbocycles. The van der Waals surface area contributed by atoms with Gasteiger partial charge in [0.05, 0.1) is 26.8 Å². The number of hydrogen-bond donors (Lipinski definition) is 1. The normalized spacial score (nSPS) is 15.8. The van der Waals surface area contributed by atoms with Crippen molar-refractivity contribution in [2.24, 2.45) is 0 Å². The highest BCUT2D eigenvalue weighted by atomic mass is 32.1. The highest BCUT2D eigenvalue weighted by Gasteiger charge is 2.32. The Kier molecular flexibility index (Phi) is 6.53. The smallest absolute Gasteiger partial charge is 0.238 e. The number of carbonyl (C=O) groups is 1. The molecule has 5 nitrogen and oxygen atoms in total. The topological polar surface area (TPSA) is 50.8 Å². The van der Waals surface area contributed by atoms with Gasteiger partial charge in [0.15, 0.2) is 11.5 Å². The molecule has 1 amide bonds. The van der Waals surface area contributed by atoms with Crippen LogP contribution in [0.5, 0.6) is 11.5 Å². The van der Waals surface area contributed by atoms with Gasteiger partial charge in [0, 0.05) is 17.1 Å². The fourth-order valence-electron chi connectivity index (χ4n) is 4.69. The van der Waals surface area contributed by atoms with Crippen LogP contribution in [0.4, 0.5) is 5.69 Å². The minimum Gasteiger partial charge on any atom is -0.493 e. The average Bonchev–Trinajstić information content (AvgIpc) is 3.29. The van der Waals surface area contributed by atoms with Gasteiger partial charge in [0.25, 0.3) is 0 Å². The molecule has 168 valence electrons. The second-order valence-corrected chi connectivity index (χ2v) is 9.35. The lowest BCUT2D eigenvalue weighted by atomic mass is 9.91. The number of carbonyl (C=O) groups excluding carboxylic acids is 1. The van der Waals surface area contributed by atoms with E-state index >= 15 is 0 Å². The van der Waals surface area contributed by atoms with Crippen LogP contribution in [-0.4, -0.2) is 38.1 Å². The number of amides is 1. The van der Waals surface area contributed by atoms with Crippen LogP contribution in [0.3, 0.4) is 0 Å². The zero-order valence-electron chi connectivity index (χ0n) is 19.3. The number of nitrogens with one attached hydrogen (secondary N) is 1. The molecule has 4 rings (SSSR count). The van der Waals surface area contributed by atoms with E-state index < -0.39 is 0 Å². The maximum atomic E-state index is 13.1. The van der Waals surface area contributed by atoms with Crippen LogP contribution in [0.2, 0.25) is 0 Å². The van der Waals surface area contributed by atoms with Gasteiger partial charge in [-0.05, 0) is 73.0 Å². The Morgan fingerprint density at radius 3 is 2.41 bits per heavy atom. The lowest BCUT2D eigenvalue weighted by molar-refractivity contribution is -0.117. The van der Waals surface area contributed by atoms with Gasteiger partial charge in [-0.2, -0.15) is 0 Å². The molecule has 6 heteroatoms. The van der Waals surface area contributed by atoms with Gasteiger partial charge in [-0.1, -0.05) is 23.8 Å². The van der Waals surface area contributed by atoms with Crippen molar-refractivity contribution in [1.82, 2.24) is 4.90 Å². The van der Waals surface area contributed by atoms with Crippen molar-refractivity contribution in [1.29, 1.82) is 0 Å². The van der Waals surface area contributed by atoms with E-state index in [9.17, 15) is 4.79 Å². The van der Waals surface area contributed by atoms with Crippen molar-refractivity contribution in [3.63, 3.8) is 0 Å². The molecule has 0 saturated heterocycles. The predicted octanol–water partition coefficient (Wildman–Crippen LogP) is 5.28.